The molecule has 1 aromatic carbocycles. The fraction of sp³-hybridized carbons (Fsp3) is 0.391. The molecule has 0 saturated carbocycles. The molecule has 0 atom stereocenters. The van der Waals surface area contributed by atoms with Gasteiger partial charge in [-0.1, -0.05) is 42.1 Å². The van der Waals surface area contributed by atoms with E-state index in [2.05, 4.69) is 4.98 Å². The molecular formula is C23H26N4O2S. The van der Waals surface area contributed by atoms with Crippen LogP contribution in [-0.4, -0.2) is 32.3 Å². The molecule has 0 radical (unpaired) electrons. The first-order valence-corrected chi connectivity index (χ1v) is 10.9. The third kappa shape index (κ3) is 4.49. The van der Waals surface area contributed by atoms with Gasteiger partial charge in [-0.2, -0.15) is 5.26 Å². The number of hydrogen-bond donors (Lipinski definition) is 1. The van der Waals surface area contributed by atoms with Crippen LogP contribution in [0.3, 0.4) is 0 Å². The minimum atomic E-state index is -0.380. The first-order chi connectivity index (χ1) is 14.2. The number of thioether (sulfide) groups is 1. The predicted molar refractivity (Wildman–Crippen MR) is 121 cm³/mol. The van der Waals surface area contributed by atoms with Gasteiger partial charge in [-0.05, 0) is 50.8 Å². The number of H-pyrrole nitrogens is 1. The Morgan fingerprint density at radius 1 is 1.30 bits per heavy atom. The predicted octanol–water partition coefficient (Wildman–Crippen LogP) is 3.71. The van der Waals surface area contributed by atoms with E-state index in [1.165, 1.54) is 0 Å². The molecule has 0 spiro atoms. The summed E-state index contributed by atoms with van der Waals surface area (Å²) in [6.07, 6.45) is 0.748. The summed E-state index contributed by atoms with van der Waals surface area (Å²) in [5.74, 6) is 0.794. The maximum atomic E-state index is 13.2. The highest BCUT2D eigenvalue weighted by Crippen LogP contribution is 2.34. The van der Waals surface area contributed by atoms with Crippen LogP contribution in [0.4, 0.5) is 0 Å². The number of benzene rings is 1. The molecule has 1 fully saturated rings. The smallest absolute Gasteiger partial charge is 0.266 e. The van der Waals surface area contributed by atoms with E-state index in [0.717, 1.165) is 22.0 Å². The van der Waals surface area contributed by atoms with Crippen LogP contribution >= 0.6 is 11.8 Å². The summed E-state index contributed by atoms with van der Waals surface area (Å²) in [7, 11) is 0. The molecule has 30 heavy (non-hydrogen) atoms. The maximum Gasteiger partial charge on any atom is 0.266 e. The number of amidine groups is 1. The molecule has 1 N–H and O–H groups in total. The summed E-state index contributed by atoms with van der Waals surface area (Å²) in [6.45, 7) is 8.20. The van der Waals surface area contributed by atoms with Crippen LogP contribution in [0.5, 0.6) is 0 Å². The molecule has 1 aliphatic rings. The molecule has 7 heteroatoms. The number of pyridine rings is 1. The van der Waals surface area contributed by atoms with Crippen LogP contribution in [-0.2, 0) is 17.8 Å². The van der Waals surface area contributed by atoms with Crippen LogP contribution in [0, 0.1) is 25.2 Å². The average Bonchev–Trinajstić information content (AvgIpc) is 3.01. The lowest BCUT2D eigenvalue weighted by Crippen LogP contribution is -2.46. The molecule has 2 aromatic rings. The van der Waals surface area contributed by atoms with Crippen molar-refractivity contribution in [3.8, 4) is 6.07 Å². The first-order valence-electron chi connectivity index (χ1n) is 9.91. The average molecular weight is 423 g/mol. The van der Waals surface area contributed by atoms with Crippen molar-refractivity contribution in [1.82, 2.24) is 9.88 Å². The summed E-state index contributed by atoms with van der Waals surface area (Å²) >= 11 is 1.61. The van der Waals surface area contributed by atoms with Gasteiger partial charge in [-0.3, -0.25) is 19.5 Å². The molecule has 6 nitrogen and oxygen atoms in total. The van der Waals surface area contributed by atoms with Crippen molar-refractivity contribution in [3.63, 3.8) is 0 Å². The minimum absolute atomic E-state index is 0.000296. The second kappa shape index (κ2) is 8.88. The Labute approximate surface area is 181 Å². The second-order valence-corrected chi connectivity index (χ2v) is 9.03. The summed E-state index contributed by atoms with van der Waals surface area (Å²) in [4.78, 5) is 34.4. The number of hydrogen-bond acceptors (Lipinski definition) is 5. The first kappa shape index (κ1) is 21.8. The van der Waals surface area contributed by atoms with Gasteiger partial charge in [0.2, 0.25) is 5.91 Å². The van der Waals surface area contributed by atoms with Gasteiger partial charge in [-0.15, -0.1) is 0 Å². The van der Waals surface area contributed by atoms with E-state index in [-0.39, 0.29) is 29.0 Å². The number of amides is 1. The lowest BCUT2D eigenvalue weighted by Gasteiger charge is -2.30. The number of aromatic nitrogens is 1. The number of carbonyl (C=O) groups is 1. The fourth-order valence-electron chi connectivity index (χ4n) is 3.70. The number of nitriles is 1. The van der Waals surface area contributed by atoms with E-state index in [9.17, 15) is 14.9 Å². The van der Waals surface area contributed by atoms with Gasteiger partial charge >= 0.3 is 0 Å². The van der Waals surface area contributed by atoms with Gasteiger partial charge in [0.05, 0.1) is 12.1 Å². The molecular weight excluding hydrogens is 396 g/mol. The lowest BCUT2D eigenvalue weighted by molar-refractivity contribution is -0.130. The van der Waals surface area contributed by atoms with Crippen molar-refractivity contribution in [1.29, 1.82) is 5.26 Å². The molecule has 1 amide bonds. The van der Waals surface area contributed by atoms with E-state index in [0.29, 0.717) is 24.2 Å². The van der Waals surface area contributed by atoms with Crippen LogP contribution in [0.2, 0.25) is 0 Å². The SMILES string of the molecule is Cc1[nH]c(=O)c(C#N)c(C)c1CCC(=O)N1C(=NCc2ccccc2)SCC1(C)C. The number of nitrogens with one attached hydrogen (secondary N) is 1. The Hall–Kier alpha value is -2.85. The van der Waals surface area contributed by atoms with Gasteiger partial charge in [-0.25, -0.2) is 0 Å². The van der Waals surface area contributed by atoms with Gasteiger partial charge in [0, 0.05) is 17.9 Å². The van der Waals surface area contributed by atoms with Crippen LogP contribution in [0.15, 0.2) is 40.1 Å². The van der Waals surface area contributed by atoms with Crippen LogP contribution < -0.4 is 5.56 Å². The van der Waals surface area contributed by atoms with E-state index < -0.39 is 0 Å². The van der Waals surface area contributed by atoms with Crippen LogP contribution in [0.25, 0.3) is 0 Å². The van der Waals surface area contributed by atoms with Crippen molar-refractivity contribution < 1.29 is 4.79 Å². The highest BCUT2D eigenvalue weighted by Gasteiger charge is 2.40. The third-order valence-electron chi connectivity index (χ3n) is 5.35. The van der Waals surface area contributed by atoms with Gasteiger partial charge in [0.25, 0.3) is 5.56 Å². The number of aliphatic imine (C=N–C) groups is 1. The topological polar surface area (TPSA) is 89.3 Å². The Kier molecular flexibility index (Phi) is 6.47. The number of rotatable bonds is 5. The molecule has 0 unspecified atom stereocenters. The molecule has 3 rings (SSSR count). The standard InChI is InChI=1S/C23H26N4O2S/c1-15-18(16(2)26-21(29)19(15)12-24)10-11-20(28)27-22(30-14-23(27,3)4)25-13-17-8-6-5-7-9-17/h5-9H,10-11,13-14H2,1-4H3,(H,26,29). The summed E-state index contributed by atoms with van der Waals surface area (Å²) < 4.78 is 0. The van der Waals surface area contributed by atoms with Crippen molar-refractivity contribution in [2.24, 2.45) is 4.99 Å². The zero-order valence-electron chi connectivity index (χ0n) is 17.8. The largest absolute Gasteiger partial charge is 0.325 e. The summed E-state index contributed by atoms with van der Waals surface area (Å²) in [6, 6.07) is 11.9. The number of aromatic amines is 1. The highest BCUT2D eigenvalue weighted by atomic mass is 32.2. The molecule has 2 heterocycles. The van der Waals surface area contributed by atoms with Crippen molar-refractivity contribution in [3.05, 3.63) is 68.6 Å². The quantitative estimate of drug-likeness (QED) is 0.795. The van der Waals surface area contributed by atoms with Gasteiger partial charge < -0.3 is 4.98 Å². The molecule has 0 bridgehead atoms. The molecule has 0 aliphatic carbocycles. The normalized spacial score (nSPS) is 16.6. The highest BCUT2D eigenvalue weighted by molar-refractivity contribution is 8.14. The number of carbonyl (C=O) groups excluding carboxylic acids is 1. The zero-order valence-corrected chi connectivity index (χ0v) is 18.6. The maximum absolute atomic E-state index is 13.2. The van der Waals surface area contributed by atoms with Crippen molar-refractivity contribution in [2.75, 3.05) is 5.75 Å². The number of nitrogens with zero attached hydrogens (tertiary/aromatic N) is 3. The molecule has 1 aromatic heterocycles. The lowest BCUT2D eigenvalue weighted by atomic mass is 9.98. The van der Waals surface area contributed by atoms with Gasteiger partial charge in [0.1, 0.15) is 11.6 Å². The monoisotopic (exact) mass is 422 g/mol. The minimum Gasteiger partial charge on any atom is -0.325 e. The van der Waals surface area contributed by atoms with E-state index in [1.807, 2.05) is 55.1 Å². The van der Waals surface area contributed by atoms with E-state index in [4.69, 9.17) is 4.99 Å². The van der Waals surface area contributed by atoms with Crippen molar-refractivity contribution in [2.45, 2.75) is 52.6 Å². The van der Waals surface area contributed by atoms with E-state index >= 15 is 0 Å². The molecule has 1 aliphatic heterocycles. The second-order valence-electron chi connectivity index (χ2n) is 8.08. The Balaban J connectivity index is 1.79. The fourth-order valence-corrected chi connectivity index (χ4v) is 4.94. The van der Waals surface area contributed by atoms with E-state index in [1.54, 1.807) is 25.6 Å². The molecule has 1 saturated heterocycles. The summed E-state index contributed by atoms with van der Waals surface area (Å²) in [5.41, 5.74) is 2.74. The van der Waals surface area contributed by atoms with Crippen LogP contribution in [0.1, 0.15) is 48.2 Å². The van der Waals surface area contributed by atoms with Crippen molar-refractivity contribution >= 4 is 22.8 Å². The summed E-state index contributed by atoms with van der Waals surface area (Å²) in [5, 5.41) is 10.0. The zero-order chi connectivity index (χ0) is 21.9. The molecule has 156 valence electrons. The Morgan fingerprint density at radius 2 is 2.00 bits per heavy atom. The Bertz CT molecular complexity index is 1080. The van der Waals surface area contributed by atoms with Gasteiger partial charge in [0.15, 0.2) is 5.17 Å². The third-order valence-corrected chi connectivity index (χ3v) is 6.77. The number of aryl methyl sites for hydroxylation is 1. The Morgan fingerprint density at radius 3 is 2.67 bits per heavy atom.